The zero-order valence-corrected chi connectivity index (χ0v) is 19.1. The molecule has 1 N–H and O–H groups in total. The van der Waals surface area contributed by atoms with Gasteiger partial charge in [0.05, 0.1) is 7.11 Å². The van der Waals surface area contributed by atoms with Crippen molar-refractivity contribution in [3.63, 3.8) is 0 Å². The Bertz CT molecular complexity index is 1010. The van der Waals surface area contributed by atoms with Crippen LogP contribution in [-0.4, -0.2) is 45.4 Å². The van der Waals surface area contributed by atoms with E-state index in [1.165, 1.54) is 17.5 Å². The van der Waals surface area contributed by atoms with E-state index in [9.17, 15) is 13.2 Å². The molecule has 2 aromatic rings. The topological polar surface area (TPSA) is 84.9 Å². The number of carbonyl (C=O) groups is 1. The number of hydrogen-bond donors (Lipinski definition) is 1. The van der Waals surface area contributed by atoms with Crippen LogP contribution in [-0.2, 0) is 14.8 Å². The molecule has 0 unspecified atom stereocenters. The van der Waals surface area contributed by atoms with Gasteiger partial charge < -0.3 is 14.8 Å². The summed E-state index contributed by atoms with van der Waals surface area (Å²) in [6, 6.07) is 12.2. The minimum Gasteiger partial charge on any atom is -0.495 e. The molecule has 0 atom stereocenters. The Kier molecular flexibility index (Phi) is 7.56. The van der Waals surface area contributed by atoms with Gasteiger partial charge in [-0.05, 0) is 48.6 Å². The quantitative estimate of drug-likeness (QED) is 0.662. The van der Waals surface area contributed by atoms with Crippen LogP contribution in [0.15, 0.2) is 47.4 Å². The SMILES string of the molecule is COc1ccc(NC(=O)COc2ccccc2C(C)C)cc1S(=O)(=O)N1CCCCC1. The van der Waals surface area contributed by atoms with E-state index >= 15 is 0 Å². The van der Waals surface area contributed by atoms with Crippen LogP contribution in [0.4, 0.5) is 5.69 Å². The second kappa shape index (κ2) is 10.2. The number of nitrogens with one attached hydrogen (secondary N) is 1. The smallest absolute Gasteiger partial charge is 0.262 e. The molecule has 0 aliphatic carbocycles. The van der Waals surface area contributed by atoms with Gasteiger partial charge in [-0.25, -0.2) is 8.42 Å². The number of benzene rings is 2. The van der Waals surface area contributed by atoms with Crippen molar-refractivity contribution in [2.45, 2.75) is 43.9 Å². The summed E-state index contributed by atoms with van der Waals surface area (Å²) >= 11 is 0. The number of ether oxygens (including phenoxy) is 2. The van der Waals surface area contributed by atoms with Crippen LogP contribution in [0, 0.1) is 0 Å². The molecule has 2 aromatic carbocycles. The lowest BCUT2D eigenvalue weighted by Gasteiger charge is -2.26. The van der Waals surface area contributed by atoms with Gasteiger partial charge in [0.25, 0.3) is 5.91 Å². The number of rotatable bonds is 8. The fraction of sp³-hybridized carbons (Fsp3) is 0.435. The summed E-state index contributed by atoms with van der Waals surface area (Å²) in [6.45, 7) is 4.92. The van der Waals surface area contributed by atoms with Gasteiger partial charge >= 0.3 is 0 Å². The van der Waals surface area contributed by atoms with E-state index in [4.69, 9.17) is 9.47 Å². The predicted octanol–water partition coefficient (Wildman–Crippen LogP) is 4.01. The second-order valence-corrected chi connectivity index (χ2v) is 9.77. The molecule has 3 rings (SSSR count). The molecule has 1 heterocycles. The van der Waals surface area contributed by atoms with Crippen LogP contribution in [0.2, 0.25) is 0 Å². The molecule has 168 valence electrons. The predicted molar refractivity (Wildman–Crippen MR) is 120 cm³/mol. The first-order chi connectivity index (χ1) is 14.8. The summed E-state index contributed by atoms with van der Waals surface area (Å²) in [5.41, 5.74) is 1.40. The molecule has 1 amide bonds. The van der Waals surface area contributed by atoms with Gasteiger partial charge in [-0.2, -0.15) is 4.31 Å². The number of hydrogen-bond acceptors (Lipinski definition) is 5. The minimum atomic E-state index is -3.71. The third-order valence-corrected chi connectivity index (χ3v) is 7.20. The van der Waals surface area contributed by atoms with Crippen molar-refractivity contribution >= 4 is 21.6 Å². The Morgan fingerprint density at radius 2 is 1.77 bits per heavy atom. The average molecular weight is 447 g/mol. The third kappa shape index (κ3) is 5.57. The Balaban J connectivity index is 1.73. The van der Waals surface area contributed by atoms with Gasteiger partial charge in [0.15, 0.2) is 6.61 Å². The molecule has 0 spiro atoms. The summed E-state index contributed by atoms with van der Waals surface area (Å²) < 4.78 is 38.7. The first-order valence-corrected chi connectivity index (χ1v) is 12.0. The van der Waals surface area contributed by atoms with Gasteiger partial charge in [-0.1, -0.05) is 38.5 Å². The van der Waals surface area contributed by atoms with E-state index in [-0.39, 0.29) is 29.1 Å². The van der Waals surface area contributed by atoms with Crippen molar-refractivity contribution in [2.24, 2.45) is 0 Å². The number of carbonyl (C=O) groups excluding carboxylic acids is 1. The van der Waals surface area contributed by atoms with Crippen molar-refractivity contribution in [2.75, 3.05) is 32.1 Å². The molecular formula is C23H30N2O5S. The first kappa shape index (κ1) is 23.1. The number of piperidine rings is 1. The highest BCUT2D eigenvalue weighted by molar-refractivity contribution is 7.89. The third-order valence-electron chi connectivity index (χ3n) is 5.28. The highest BCUT2D eigenvalue weighted by Gasteiger charge is 2.29. The zero-order chi connectivity index (χ0) is 22.4. The Morgan fingerprint density at radius 1 is 1.06 bits per heavy atom. The molecule has 7 nitrogen and oxygen atoms in total. The molecule has 1 aliphatic rings. The number of methoxy groups -OCH3 is 1. The van der Waals surface area contributed by atoms with Crippen molar-refractivity contribution in [3.8, 4) is 11.5 Å². The van der Waals surface area contributed by atoms with Gasteiger partial charge in [-0.3, -0.25) is 4.79 Å². The maximum absolute atomic E-state index is 13.1. The van der Waals surface area contributed by atoms with Crippen LogP contribution in [0.1, 0.15) is 44.6 Å². The highest BCUT2D eigenvalue weighted by Crippen LogP contribution is 2.31. The summed E-state index contributed by atoms with van der Waals surface area (Å²) in [6.07, 6.45) is 2.71. The van der Waals surface area contributed by atoms with Crippen molar-refractivity contribution < 1.29 is 22.7 Å². The summed E-state index contributed by atoms with van der Waals surface area (Å²) in [5.74, 6) is 0.815. The first-order valence-electron chi connectivity index (χ1n) is 10.5. The summed E-state index contributed by atoms with van der Waals surface area (Å²) in [5, 5.41) is 2.73. The molecular weight excluding hydrogens is 416 g/mol. The maximum Gasteiger partial charge on any atom is 0.262 e. The second-order valence-electron chi connectivity index (χ2n) is 7.86. The normalized spacial score (nSPS) is 15.0. The lowest BCUT2D eigenvalue weighted by Crippen LogP contribution is -2.35. The number of anilines is 1. The zero-order valence-electron chi connectivity index (χ0n) is 18.3. The van der Waals surface area contributed by atoms with Crippen molar-refractivity contribution in [1.82, 2.24) is 4.31 Å². The van der Waals surface area contributed by atoms with Crippen LogP contribution < -0.4 is 14.8 Å². The van der Waals surface area contributed by atoms with Crippen LogP contribution in [0.3, 0.4) is 0 Å². The van der Waals surface area contributed by atoms with Gasteiger partial charge in [-0.15, -0.1) is 0 Å². The van der Waals surface area contributed by atoms with E-state index < -0.39 is 10.0 Å². The van der Waals surface area contributed by atoms with Crippen LogP contribution >= 0.6 is 0 Å². The van der Waals surface area contributed by atoms with Crippen LogP contribution in [0.5, 0.6) is 11.5 Å². The van der Waals surface area contributed by atoms with Gasteiger partial charge in [0.2, 0.25) is 10.0 Å². The lowest BCUT2D eigenvalue weighted by molar-refractivity contribution is -0.118. The van der Waals surface area contributed by atoms with E-state index in [1.54, 1.807) is 12.1 Å². The number of para-hydroxylation sites is 1. The van der Waals surface area contributed by atoms with E-state index in [1.807, 2.05) is 24.3 Å². The maximum atomic E-state index is 13.1. The number of nitrogens with zero attached hydrogens (tertiary/aromatic N) is 1. The number of sulfonamides is 1. The van der Waals surface area contributed by atoms with Gasteiger partial charge in [0.1, 0.15) is 16.4 Å². The van der Waals surface area contributed by atoms with Crippen molar-refractivity contribution in [1.29, 1.82) is 0 Å². The molecule has 31 heavy (non-hydrogen) atoms. The molecule has 0 saturated carbocycles. The van der Waals surface area contributed by atoms with E-state index in [2.05, 4.69) is 19.2 Å². The molecule has 0 bridgehead atoms. The molecule has 0 aromatic heterocycles. The van der Waals surface area contributed by atoms with E-state index in [0.29, 0.717) is 24.5 Å². The van der Waals surface area contributed by atoms with Crippen LogP contribution in [0.25, 0.3) is 0 Å². The molecule has 8 heteroatoms. The highest BCUT2D eigenvalue weighted by atomic mass is 32.2. The largest absolute Gasteiger partial charge is 0.495 e. The van der Waals surface area contributed by atoms with Crippen molar-refractivity contribution in [3.05, 3.63) is 48.0 Å². The number of amides is 1. The Hall–Kier alpha value is -2.58. The van der Waals surface area contributed by atoms with E-state index in [0.717, 1.165) is 24.8 Å². The molecule has 1 saturated heterocycles. The lowest BCUT2D eigenvalue weighted by atomic mass is 10.0. The molecule has 1 fully saturated rings. The fourth-order valence-electron chi connectivity index (χ4n) is 3.63. The molecule has 1 aliphatic heterocycles. The minimum absolute atomic E-state index is 0.0563. The monoisotopic (exact) mass is 446 g/mol. The summed E-state index contributed by atoms with van der Waals surface area (Å²) in [7, 11) is -2.27. The molecule has 0 radical (unpaired) electrons. The standard InChI is InChI=1S/C23H30N2O5S/c1-17(2)19-9-5-6-10-20(19)30-16-23(26)24-18-11-12-21(29-3)22(15-18)31(27,28)25-13-7-4-8-14-25/h5-6,9-12,15,17H,4,7-8,13-14,16H2,1-3H3,(H,24,26). The van der Waals surface area contributed by atoms with Gasteiger partial charge in [0, 0.05) is 18.8 Å². The summed E-state index contributed by atoms with van der Waals surface area (Å²) in [4.78, 5) is 12.5. The fourth-order valence-corrected chi connectivity index (χ4v) is 5.33. The Morgan fingerprint density at radius 3 is 2.45 bits per heavy atom. The average Bonchev–Trinajstić information content (AvgIpc) is 2.78. The Labute approximate surface area is 184 Å².